The number of aromatic nitrogens is 1. The minimum absolute atomic E-state index is 0.309. The number of hydrogen-bond acceptors (Lipinski definition) is 4. The summed E-state index contributed by atoms with van der Waals surface area (Å²) in [5, 5.41) is 3.90. The van der Waals surface area contributed by atoms with Crippen LogP contribution in [0.2, 0.25) is 0 Å². The van der Waals surface area contributed by atoms with Gasteiger partial charge in [0.2, 0.25) is 5.91 Å². The highest BCUT2D eigenvalue weighted by Gasteiger charge is 2.41. The summed E-state index contributed by atoms with van der Waals surface area (Å²) in [7, 11) is 0. The number of rotatable bonds is 3. The van der Waals surface area contributed by atoms with E-state index in [1.165, 1.54) is 0 Å². The summed E-state index contributed by atoms with van der Waals surface area (Å²) in [5.41, 5.74) is 0.923. The molecule has 0 N–H and O–H groups in total. The lowest BCUT2D eigenvalue weighted by molar-refractivity contribution is -0.134. The maximum Gasteiger partial charge on any atom is 0.226 e. The zero-order chi connectivity index (χ0) is 13.4. The van der Waals surface area contributed by atoms with Crippen molar-refractivity contribution in [3.8, 4) is 0 Å². The zero-order valence-corrected chi connectivity index (χ0v) is 11.6. The average molecular weight is 263 g/mol. The van der Waals surface area contributed by atoms with Crippen LogP contribution in [0.15, 0.2) is 10.6 Å². The predicted molar refractivity (Wildman–Crippen MR) is 70.4 cm³/mol. The predicted octanol–water partition coefficient (Wildman–Crippen LogP) is 1.28. The summed E-state index contributed by atoms with van der Waals surface area (Å²) >= 11 is 0. The fourth-order valence-electron chi connectivity index (χ4n) is 2.74. The SMILES string of the molecule is Cc1cc(CN2CCN(C(=O)C3CC3C)CC2)on1. The van der Waals surface area contributed by atoms with E-state index in [0.717, 1.165) is 50.6 Å². The lowest BCUT2D eigenvalue weighted by Crippen LogP contribution is -2.48. The van der Waals surface area contributed by atoms with Crippen LogP contribution in [0.4, 0.5) is 0 Å². The molecule has 0 bridgehead atoms. The van der Waals surface area contributed by atoms with Crippen molar-refractivity contribution in [2.45, 2.75) is 26.8 Å². The molecule has 0 aromatic carbocycles. The lowest BCUT2D eigenvalue weighted by Gasteiger charge is -2.34. The van der Waals surface area contributed by atoms with Gasteiger partial charge in [-0.05, 0) is 19.3 Å². The molecule has 1 aromatic rings. The van der Waals surface area contributed by atoms with Crippen molar-refractivity contribution in [1.29, 1.82) is 0 Å². The molecule has 0 radical (unpaired) electrons. The second kappa shape index (κ2) is 4.96. The first-order chi connectivity index (χ1) is 9.13. The third kappa shape index (κ3) is 2.81. The van der Waals surface area contributed by atoms with Gasteiger partial charge < -0.3 is 9.42 Å². The third-order valence-electron chi connectivity index (χ3n) is 4.17. The van der Waals surface area contributed by atoms with E-state index in [-0.39, 0.29) is 0 Å². The van der Waals surface area contributed by atoms with Crippen LogP contribution in [0.1, 0.15) is 24.8 Å². The van der Waals surface area contributed by atoms with Crippen molar-refractivity contribution >= 4 is 5.91 Å². The first kappa shape index (κ1) is 12.7. The third-order valence-corrected chi connectivity index (χ3v) is 4.17. The minimum Gasteiger partial charge on any atom is -0.360 e. The van der Waals surface area contributed by atoms with Gasteiger partial charge in [0.15, 0.2) is 5.76 Å². The van der Waals surface area contributed by atoms with Gasteiger partial charge in [-0.1, -0.05) is 12.1 Å². The highest BCUT2D eigenvalue weighted by molar-refractivity contribution is 5.81. The van der Waals surface area contributed by atoms with E-state index in [2.05, 4.69) is 17.0 Å². The average Bonchev–Trinajstić information content (AvgIpc) is 2.99. The molecule has 1 aliphatic heterocycles. The Morgan fingerprint density at radius 2 is 2.11 bits per heavy atom. The molecule has 1 saturated carbocycles. The Labute approximate surface area is 113 Å². The molecule has 1 amide bonds. The number of carbonyl (C=O) groups is 1. The molecule has 1 aliphatic carbocycles. The zero-order valence-electron chi connectivity index (χ0n) is 11.6. The van der Waals surface area contributed by atoms with E-state index in [9.17, 15) is 4.79 Å². The Morgan fingerprint density at radius 3 is 2.63 bits per heavy atom. The Bertz CT molecular complexity index is 463. The Kier molecular flexibility index (Phi) is 3.31. The van der Waals surface area contributed by atoms with E-state index in [1.54, 1.807) is 0 Å². The molecule has 19 heavy (non-hydrogen) atoms. The molecule has 3 rings (SSSR count). The molecule has 104 valence electrons. The maximum absolute atomic E-state index is 12.1. The number of carbonyl (C=O) groups excluding carboxylic acids is 1. The standard InChI is InChI=1S/C14H21N3O2/c1-10-7-13(10)14(18)17-5-3-16(4-6-17)9-12-8-11(2)15-19-12/h8,10,13H,3-7,9H2,1-2H3. The molecule has 2 heterocycles. The van der Waals surface area contributed by atoms with Crippen molar-refractivity contribution in [2.24, 2.45) is 11.8 Å². The van der Waals surface area contributed by atoms with Crippen LogP contribution in [-0.2, 0) is 11.3 Å². The Morgan fingerprint density at radius 1 is 1.42 bits per heavy atom. The quantitative estimate of drug-likeness (QED) is 0.824. The van der Waals surface area contributed by atoms with Crippen LogP contribution < -0.4 is 0 Å². The first-order valence-electron chi connectivity index (χ1n) is 7.07. The summed E-state index contributed by atoms with van der Waals surface area (Å²) < 4.78 is 5.23. The molecule has 2 fully saturated rings. The fourth-order valence-corrected chi connectivity index (χ4v) is 2.74. The van der Waals surface area contributed by atoms with E-state index in [0.29, 0.717) is 17.7 Å². The Balaban J connectivity index is 1.48. The molecule has 2 aliphatic rings. The number of hydrogen-bond donors (Lipinski definition) is 0. The van der Waals surface area contributed by atoms with Crippen LogP contribution in [0.3, 0.4) is 0 Å². The molecular weight excluding hydrogens is 242 g/mol. The fraction of sp³-hybridized carbons (Fsp3) is 0.714. The van der Waals surface area contributed by atoms with Crippen molar-refractivity contribution in [3.63, 3.8) is 0 Å². The monoisotopic (exact) mass is 263 g/mol. The van der Waals surface area contributed by atoms with Gasteiger partial charge in [-0.15, -0.1) is 0 Å². The number of aryl methyl sites for hydroxylation is 1. The topological polar surface area (TPSA) is 49.6 Å². The smallest absolute Gasteiger partial charge is 0.226 e. The van der Waals surface area contributed by atoms with Crippen LogP contribution in [0.5, 0.6) is 0 Å². The summed E-state index contributed by atoms with van der Waals surface area (Å²) in [6, 6.07) is 1.98. The van der Waals surface area contributed by atoms with Crippen LogP contribution >= 0.6 is 0 Å². The largest absolute Gasteiger partial charge is 0.360 e. The van der Waals surface area contributed by atoms with Crippen molar-refractivity contribution in [3.05, 3.63) is 17.5 Å². The van der Waals surface area contributed by atoms with Gasteiger partial charge in [0.25, 0.3) is 0 Å². The molecule has 2 atom stereocenters. The normalized spacial score (nSPS) is 27.6. The Hall–Kier alpha value is -1.36. The summed E-state index contributed by atoms with van der Waals surface area (Å²) in [5.74, 6) is 2.18. The first-order valence-corrected chi connectivity index (χ1v) is 7.07. The van der Waals surface area contributed by atoms with Crippen LogP contribution in [0, 0.1) is 18.8 Å². The number of piperazine rings is 1. The van der Waals surface area contributed by atoms with E-state index >= 15 is 0 Å². The molecule has 1 aromatic heterocycles. The second-order valence-corrected chi connectivity index (χ2v) is 5.86. The molecular formula is C14H21N3O2. The lowest BCUT2D eigenvalue weighted by atomic mass is 10.2. The number of amides is 1. The van der Waals surface area contributed by atoms with Gasteiger partial charge in [-0.3, -0.25) is 9.69 Å². The van der Waals surface area contributed by atoms with E-state index in [1.807, 2.05) is 17.9 Å². The van der Waals surface area contributed by atoms with Gasteiger partial charge in [0, 0.05) is 38.2 Å². The summed E-state index contributed by atoms with van der Waals surface area (Å²) in [4.78, 5) is 16.5. The van der Waals surface area contributed by atoms with E-state index < -0.39 is 0 Å². The van der Waals surface area contributed by atoms with Gasteiger partial charge in [0.1, 0.15) is 0 Å². The molecule has 2 unspecified atom stereocenters. The van der Waals surface area contributed by atoms with Gasteiger partial charge in [-0.2, -0.15) is 0 Å². The molecule has 0 spiro atoms. The molecule has 1 saturated heterocycles. The molecule has 5 nitrogen and oxygen atoms in total. The van der Waals surface area contributed by atoms with Gasteiger partial charge in [-0.25, -0.2) is 0 Å². The van der Waals surface area contributed by atoms with Crippen molar-refractivity contribution in [2.75, 3.05) is 26.2 Å². The second-order valence-electron chi connectivity index (χ2n) is 5.86. The highest BCUT2D eigenvalue weighted by atomic mass is 16.5. The van der Waals surface area contributed by atoms with Crippen molar-refractivity contribution < 1.29 is 9.32 Å². The van der Waals surface area contributed by atoms with E-state index in [4.69, 9.17) is 4.52 Å². The van der Waals surface area contributed by atoms with Crippen LogP contribution in [-0.4, -0.2) is 47.0 Å². The van der Waals surface area contributed by atoms with Crippen LogP contribution in [0.25, 0.3) is 0 Å². The number of nitrogens with zero attached hydrogens (tertiary/aromatic N) is 3. The van der Waals surface area contributed by atoms with Crippen molar-refractivity contribution in [1.82, 2.24) is 15.0 Å². The molecule has 5 heteroatoms. The summed E-state index contributed by atoms with van der Waals surface area (Å²) in [6.07, 6.45) is 1.08. The van der Waals surface area contributed by atoms with Gasteiger partial charge in [0.05, 0.1) is 12.2 Å². The summed E-state index contributed by atoms with van der Waals surface area (Å²) in [6.45, 7) is 8.41. The minimum atomic E-state index is 0.309. The van der Waals surface area contributed by atoms with Gasteiger partial charge >= 0.3 is 0 Å². The highest BCUT2D eigenvalue weighted by Crippen LogP contribution is 2.39. The maximum atomic E-state index is 12.1.